The normalized spacial score (nSPS) is 14.7. The number of hydrogen-bond acceptors (Lipinski definition) is 5. The summed E-state index contributed by atoms with van der Waals surface area (Å²) in [6, 6.07) is 12.0. The molecular weight excluding hydrogens is 374 g/mol. The smallest absolute Gasteiger partial charge is 0.262 e. The van der Waals surface area contributed by atoms with Gasteiger partial charge < -0.3 is 0 Å². The average Bonchev–Trinajstić information content (AvgIpc) is 3.07. The van der Waals surface area contributed by atoms with Crippen LogP contribution in [0.3, 0.4) is 0 Å². The minimum Gasteiger partial charge on any atom is -0.280 e. The highest BCUT2D eigenvalue weighted by molar-refractivity contribution is 7.92. The van der Waals surface area contributed by atoms with Crippen LogP contribution in [0.4, 0.5) is 5.69 Å². The Kier molecular flexibility index (Phi) is 5.01. The highest BCUT2D eigenvalue weighted by Gasteiger charge is 2.19. The van der Waals surface area contributed by atoms with Crippen molar-refractivity contribution in [3.05, 3.63) is 54.1 Å². The molecule has 2 aromatic carbocycles. The summed E-state index contributed by atoms with van der Waals surface area (Å²) in [5, 5.41) is 0. The molecule has 0 saturated heterocycles. The Hall–Kier alpha value is -2.39. The van der Waals surface area contributed by atoms with Crippen molar-refractivity contribution in [3.63, 3.8) is 0 Å². The van der Waals surface area contributed by atoms with E-state index in [9.17, 15) is 16.8 Å². The van der Waals surface area contributed by atoms with E-state index < -0.39 is 20.0 Å². The molecule has 2 aromatic rings. The lowest BCUT2D eigenvalue weighted by molar-refractivity contribution is 0.592. The SMILES string of the molecule is Cc1ccc(S(=O)(=O)Nc2ccc(S(=O)(=O)NC3=NCCC3)cc2)cc1. The summed E-state index contributed by atoms with van der Waals surface area (Å²) < 4.78 is 54.2. The molecule has 0 fully saturated rings. The number of hydrogen-bond donors (Lipinski definition) is 2. The van der Waals surface area contributed by atoms with Crippen LogP contribution in [0.2, 0.25) is 0 Å². The minimum absolute atomic E-state index is 0.0467. The van der Waals surface area contributed by atoms with Gasteiger partial charge in [0.05, 0.1) is 9.79 Å². The van der Waals surface area contributed by atoms with Gasteiger partial charge in [0.25, 0.3) is 20.0 Å². The zero-order chi connectivity index (χ0) is 18.8. The highest BCUT2D eigenvalue weighted by atomic mass is 32.2. The first-order valence-corrected chi connectivity index (χ1v) is 11.0. The predicted octanol–water partition coefficient (Wildman–Crippen LogP) is 2.27. The summed E-state index contributed by atoms with van der Waals surface area (Å²) in [7, 11) is -7.45. The van der Waals surface area contributed by atoms with Crippen molar-refractivity contribution < 1.29 is 16.8 Å². The van der Waals surface area contributed by atoms with Crippen molar-refractivity contribution in [3.8, 4) is 0 Å². The van der Waals surface area contributed by atoms with Crippen molar-refractivity contribution >= 4 is 31.6 Å². The molecule has 26 heavy (non-hydrogen) atoms. The average molecular weight is 393 g/mol. The van der Waals surface area contributed by atoms with Crippen LogP contribution in [0, 0.1) is 6.92 Å². The highest BCUT2D eigenvalue weighted by Crippen LogP contribution is 2.19. The number of aryl methyl sites for hydroxylation is 1. The zero-order valence-corrected chi connectivity index (χ0v) is 15.8. The van der Waals surface area contributed by atoms with Crippen LogP contribution in [-0.2, 0) is 20.0 Å². The van der Waals surface area contributed by atoms with E-state index >= 15 is 0 Å². The van der Waals surface area contributed by atoms with Crippen molar-refractivity contribution in [2.75, 3.05) is 11.3 Å². The molecule has 1 heterocycles. The Balaban J connectivity index is 1.76. The molecule has 7 nitrogen and oxygen atoms in total. The number of nitrogens with one attached hydrogen (secondary N) is 2. The van der Waals surface area contributed by atoms with Crippen molar-refractivity contribution in [2.45, 2.75) is 29.6 Å². The van der Waals surface area contributed by atoms with Gasteiger partial charge in [-0.25, -0.2) is 16.8 Å². The van der Waals surface area contributed by atoms with E-state index in [2.05, 4.69) is 14.4 Å². The first kappa shape index (κ1) is 18.4. The Bertz CT molecular complexity index is 1030. The minimum atomic E-state index is -3.73. The molecule has 0 saturated carbocycles. The van der Waals surface area contributed by atoms with Gasteiger partial charge in [0.1, 0.15) is 5.84 Å². The van der Waals surface area contributed by atoms with Gasteiger partial charge in [0.2, 0.25) is 0 Å². The molecule has 9 heteroatoms. The summed E-state index contributed by atoms with van der Waals surface area (Å²) >= 11 is 0. The fourth-order valence-corrected chi connectivity index (χ4v) is 4.62. The van der Waals surface area contributed by atoms with Gasteiger partial charge in [0, 0.05) is 18.7 Å². The maximum atomic E-state index is 12.4. The quantitative estimate of drug-likeness (QED) is 0.813. The van der Waals surface area contributed by atoms with E-state index in [-0.39, 0.29) is 15.5 Å². The Labute approximate surface area is 153 Å². The van der Waals surface area contributed by atoms with Gasteiger partial charge in [-0.2, -0.15) is 0 Å². The maximum absolute atomic E-state index is 12.4. The predicted molar refractivity (Wildman–Crippen MR) is 100 cm³/mol. The Morgan fingerprint density at radius 3 is 1.88 bits per heavy atom. The second kappa shape index (κ2) is 7.08. The number of benzene rings is 2. The van der Waals surface area contributed by atoms with Crippen LogP contribution >= 0.6 is 0 Å². The standard InChI is InChI=1S/C17H19N3O4S2/c1-13-4-8-15(9-5-13)25(21,22)19-14-6-10-16(11-7-14)26(23,24)20-17-3-2-12-18-17/h4-11,19H,2-3,12H2,1H3,(H,18,20). The monoisotopic (exact) mass is 393 g/mol. The third-order valence-corrected chi connectivity index (χ3v) is 6.67. The van der Waals surface area contributed by atoms with Gasteiger partial charge in [-0.15, -0.1) is 0 Å². The van der Waals surface area contributed by atoms with Gasteiger partial charge in [0.15, 0.2) is 0 Å². The van der Waals surface area contributed by atoms with Crippen LogP contribution in [0.15, 0.2) is 63.3 Å². The molecule has 3 rings (SSSR count). The maximum Gasteiger partial charge on any atom is 0.262 e. The zero-order valence-electron chi connectivity index (χ0n) is 14.1. The van der Waals surface area contributed by atoms with Gasteiger partial charge in [-0.3, -0.25) is 14.4 Å². The molecule has 0 aromatic heterocycles. The lowest BCUT2D eigenvalue weighted by atomic mass is 10.2. The molecule has 138 valence electrons. The number of nitrogens with zero attached hydrogens (tertiary/aromatic N) is 1. The van der Waals surface area contributed by atoms with E-state index in [0.717, 1.165) is 12.0 Å². The van der Waals surface area contributed by atoms with Crippen molar-refractivity contribution in [1.29, 1.82) is 0 Å². The molecule has 0 radical (unpaired) electrons. The second-order valence-corrected chi connectivity index (χ2v) is 9.35. The van der Waals surface area contributed by atoms with Crippen LogP contribution in [0.5, 0.6) is 0 Å². The summed E-state index contributed by atoms with van der Waals surface area (Å²) in [6.45, 7) is 2.49. The molecule has 2 N–H and O–H groups in total. The molecule has 0 unspecified atom stereocenters. The molecule has 1 aliphatic rings. The number of rotatable bonds is 5. The largest absolute Gasteiger partial charge is 0.280 e. The fraction of sp³-hybridized carbons (Fsp3) is 0.235. The molecule has 1 aliphatic heterocycles. The van der Waals surface area contributed by atoms with Crippen LogP contribution in [-0.4, -0.2) is 29.2 Å². The topological polar surface area (TPSA) is 105 Å². The first-order chi connectivity index (χ1) is 12.3. The second-order valence-electron chi connectivity index (χ2n) is 5.98. The number of amidine groups is 1. The summed E-state index contributed by atoms with van der Waals surface area (Å²) in [5.41, 5.74) is 1.24. The summed E-state index contributed by atoms with van der Waals surface area (Å²) in [6.07, 6.45) is 1.44. The summed E-state index contributed by atoms with van der Waals surface area (Å²) in [5.74, 6) is 0.453. The molecule has 0 amide bonds. The van der Waals surface area contributed by atoms with Crippen molar-refractivity contribution in [1.82, 2.24) is 4.72 Å². The van der Waals surface area contributed by atoms with E-state index in [1.165, 1.54) is 36.4 Å². The van der Waals surface area contributed by atoms with Gasteiger partial charge in [-0.1, -0.05) is 17.7 Å². The third kappa shape index (κ3) is 4.23. The van der Waals surface area contributed by atoms with Crippen LogP contribution in [0.25, 0.3) is 0 Å². The number of aliphatic imine (C=N–C) groups is 1. The molecule has 0 bridgehead atoms. The van der Waals surface area contributed by atoms with Gasteiger partial charge >= 0.3 is 0 Å². The van der Waals surface area contributed by atoms with E-state index in [0.29, 0.717) is 18.8 Å². The Morgan fingerprint density at radius 1 is 0.808 bits per heavy atom. The van der Waals surface area contributed by atoms with Crippen LogP contribution in [0.1, 0.15) is 18.4 Å². The van der Waals surface area contributed by atoms with E-state index in [1.807, 2.05) is 6.92 Å². The van der Waals surface area contributed by atoms with Gasteiger partial charge in [-0.05, 0) is 49.7 Å². The number of anilines is 1. The van der Waals surface area contributed by atoms with Crippen LogP contribution < -0.4 is 9.44 Å². The molecule has 0 aliphatic carbocycles. The lowest BCUT2D eigenvalue weighted by Gasteiger charge is -2.10. The molecule has 0 spiro atoms. The van der Waals surface area contributed by atoms with E-state index in [1.54, 1.807) is 12.1 Å². The summed E-state index contributed by atoms with van der Waals surface area (Å²) in [4.78, 5) is 4.27. The number of sulfonamides is 2. The Morgan fingerprint density at radius 2 is 1.35 bits per heavy atom. The van der Waals surface area contributed by atoms with Crippen molar-refractivity contribution in [2.24, 2.45) is 4.99 Å². The molecule has 0 atom stereocenters. The third-order valence-electron chi connectivity index (χ3n) is 3.87. The first-order valence-electron chi connectivity index (χ1n) is 8.02. The fourth-order valence-electron chi connectivity index (χ4n) is 2.47. The molecular formula is C17H19N3O4S2. The van der Waals surface area contributed by atoms with E-state index in [4.69, 9.17) is 0 Å². The lowest BCUT2D eigenvalue weighted by Crippen LogP contribution is -2.29.